The number of pyridine rings is 1. The summed E-state index contributed by atoms with van der Waals surface area (Å²) < 4.78 is 6.79. The fourth-order valence-corrected chi connectivity index (χ4v) is 3.05. The summed E-state index contributed by atoms with van der Waals surface area (Å²) in [5, 5.41) is 6.94. The van der Waals surface area contributed by atoms with Crippen molar-refractivity contribution in [3.63, 3.8) is 0 Å². The molecule has 26 heavy (non-hydrogen) atoms. The Labute approximate surface area is 149 Å². The molecule has 0 aliphatic carbocycles. The van der Waals surface area contributed by atoms with Crippen molar-refractivity contribution in [2.24, 2.45) is 0 Å². The first kappa shape index (κ1) is 16.1. The second kappa shape index (κ2) is 6.83. The topological polar surface area (TPSA) is 93.3 Å². The number of carbonyl (C=O) groups excluding carboxylic acids is 2. The van der Waals surface area contributed by atoms with Gasteiger partial charge in [0.05, 0.1) is 18.1 Å². The van der Waals surface area contributed by atoms with Crippen LogP contribution in [0.3, 0.4) is 0 Å². The Balaban J connectivity index is 1.44. The van der Waals surface area contributed by atoms with E-state index in [0.717, 1.165) is 6.42 Å². The van der Waals surface area contributed by atoms with Gasteiger partial charge in [-0.05, 0) is 43.2 Å². The maximum atomic E-state index is 12.6. The number of anilines is 1. The highest BCUT2D eigenvalue weighted by molar-refractivity contribution is 6.00. The molecular formula is C18H17N5O3. The number of amides is 2. The number of nitrogens with one attached hydrogen (secondary N) is 1. The van der Waals surface area contributed by atoms with Crippen molar-refractivity contribution in [1.82, 2.24) is 19.7 Å². The van der Waals surface area contributed by atoms with E-state index in [1.165, 1.54) is 6.26 Å². The van der Waals surface area contributed by atoms with Gasteiger partial charge in [0.2, 0.25) is 5.91 Å². The number of carbonyl (C=O) groups is 2. The standard InChI is InChI=1S/C18H17N5O3/c24-17(14-4-1-9-22(14)18(25)15-5-2-11-26-15)21-13-6-7-16(19-12-13)23-10-3-8-20-23/h2-3,5-8,10-12,14H,1,4,9H2,(H,21,24)/t14-/m0/s1. The number of hydrogen-bond donors (Lipinski definition) is 1. The maximum absolute atomic E-state index is 12.6. The smallest absolute Gasteiger partial charge is 0.290 e. The van der Waals surface area contributed by atoms with Crippen molar-refractivity contribution in [1.29, 1.82) is 0 Å². The quantitative estimate of drug-likeness (QED) is 0.777. The van der Waals surface area contributed by atoms with Gasteiger partial charge in [-0.1, -0.05) is 0 Å². The number of hydrogen-bond acceptors (Lipinski definition) is 5. The summed E-state index contributed by atoms with van der Waals surface area (Å²) in [7, 11) is 0. The van der Waals surface area contributed by atoms with Crippen LogP contribution in [0.2, 0.25) is 0 Å². The molecule has 1 fully saturated rings. The molecule has 0 radical (unpaired) electrons. The molecule has 0 saturated carbocycles. The zero-order chi connectivity index (χ0) is 17.9. The van der Waals surface area contributed by atoms with Gasteiger partial charge in [0.1, 0.15) is 6.04 Å². The molecule has 0 bridgehead atoms. The first-order valence-corrected chi connectivity index (χ1v) is 8.34. The molecule has 0 spiro atoms. The van der Waals surface area contributed by atoms with E-state index in [1.54, 1.807) is 52.4 Å². The molecule has 1 atom stereocenters. The lowest BCUT2D eigenvalue weighted by molar-refractivity contribution is -0.119. The Kier molecular flexibility index (Phi) is 4.22. The lowest BCUT2D eigenvalue weighted by atomic mass is 10.2. The molecule has 2 amide bonds. The van der Waals surface area contributed by atoms with Crippen LogP contribution in [0.5, 0.6) is 0 Å². The highest BCUT2D eigenvalue weighted by Gasteiger charge is 2.35. The van der Waals surface area contributed by atoms with Crippen LogP contribution in [0.25, 0.3) is 5.82 Å². The van der Waals surface area contributed by atoms with E-state index in [4.69, 9.17) is 4.42 Å². The van der Waals surface area contributed by atoms with Gasteiger partial charge in [-0.2, -0.15) is 5.10 Å². The van der Waals surface area contributed by atoms with Crippen molar-refractivity contribution in [2.45, 2.75) is 18.9 Å². The summed E-state index contributed by atoms with van der Waals surface area (Å²) in [6, 6.07) is 8.08. The molecule has 0 aromatic carbocycles. The van der Waals surface area contributed by atoms with Crippen LogP contribution >= 0.6 is 0 Å². The Hall–Kier alpha value is -3.42. The predicted octanol–water partition coefficient (Wildman–Crippen LogP) is 2.10. The highest BCUT2D eigenvalue weighted by Crippen LogP contribution is 2.22. The van der Waals surface area contributed by atoms with Crippen molar-refractivity contribution < 1.29 is 14.0 Å². The summed E-state index contributed by atoms with van der Waals surface area (Å²) in [6.45, 7) is 0.536. The summed E-state index contributed by atoms with van der Waals surface area (Å²) in [5.74, 6) is 0.411. The van der Waals surface area contributed by atoms with Crippen molar-refractivity contribution in [3.8, 4) is 5.82 Å². The average molecular weight is 351 g/mol. The lowest BCUT2D eigenvalue weighted by Gasteiger charge is -2.23. The number of nitrogens with zero attached hydrogens (tertiary/aromatic N) is 4. The Morgan fingerprint density at radius 1 is 1.23 bits per heavy atom. The van der Waals surface area contributed by atoms with Gasteiger partial charge in [-0.25, -0.2) is 9.67 Å². The minimum Gasteiger partial charge on any atom is -0.459 e. The number of rotatable bonds is 4. The molecule has 0 unspecified atom stereocenters. The zero-order valence-corrected chi connectivity index (χ0v) is 13.9. The molecule has 1 aliphatic heterocycles. The molecule has 132 valence electrons. The van der Waals surface area contributed by atoms with Gasteiger partial charge in [0, 0.05) is 18.9 Å². The van der Waals surface area contributed by atoms with Gasteiger partial charge in [0.25, 0.3) is 5.91 Å². The van der Waals surface area contributed by atoms with E-state index in [1.807, 2.05) is 6.07 Å². The van der Waals surface area contributed by atoms with E-state index in [0.29, 0.717) is 24.5 Å². The minimum absolute atomic E-state index is 0.226. The van der Waals surface area contributed by atoms with E-state index in [2.05, 4.69) is 15.4 Å². The highest BCUT2D eigenvalue weighted by atomic mass is 16.3. The maximum Gasteiger partial charge on any atom is 0.290 e. The Bertz CT molecular complexity index is 888. The first-order chi connectivity index (χ1) is 12.7. The van der Waals surface area contributed by atoms with Gasteiger partial charge in [-0.15, -0.1) is 0 Å². The van der Waals surface area contributed by atoms with Crippen LogP contribution in [-0.2, 0) is 4.79 Å². The summed E-state index contributed by atoms with van der Waals surface area (Å²) in [6.07, 6.45) is 7.88. The van der Waals surface area contributed by atoms with Crippen LogP contribution < -0.4 is 5.32 Å². The van der Waals surface area contributed by atoms with E-state index < -0.39 is 6.04 Å². The summed E-state index contributed by atoms with van der Waals surface area (Å²) in [4.78, 5) is 31.0. The van der Waals surface area contributed by atoms with Gasteiger partial charge >= 0.3 is 0 Å². The Morgan fingerprint density at radius 2 is 2.15 bits per heavy atom. The van der Waals surface area contributed by atoms with Crippen LogP contribution in [0.15, 0.2) is 59.6 Å². The Morgan fingerprint density at radius 3 is 2.85 bits per heavy atom. The van der Waals surface area contributed by atoms with E-state index in [9.17, 15) is 9.59 Å². The normalized spacial score (nSPS) is 16.6. The van der Waals surface area contributed by atoms with Gasteiger partial charge in [-0.3, -0.25) is 9.59 Å². The molecule has 8 nitrogen and oxygen atoms in total. The van der Waals surface area contributed by atoms with Crippen LogP contribution in [-0.4, -0.2) is 44.1 Å². The molecule has 3 aromatic heterocycles. The second-order valence-electron chi connectivity index (χ2n) is 5.98. The number of furan rings is 1. The van der Waals surface area contributed by atoms with Crippen molar-refractivity contribution in [2.75, 3.05) is 11.9 Å². The van der Waals surface area contributed by atoms with E-state index >= 15 is 0 Å². The average Bonchev–Trinajstić information content (AvgIpc) is 3.44. The molecular weight excluding hydrogens is 334 g/mol. The third-order valence-corrected chi connectivity index (χ3v) is 4.30. The minimum atomic E-state index is -0.515. The van der Waals surface area contributed by atoms with Crippen molar-refractivity contribution in [3.05, 3.63) is 60.9 Å². The van der Waals surface area contributed by atoms with Crippen LogP contribution in [0, 0.1) is 0 Å². The molecule has 8 heteroatoms. The second-order valence-corrected chi connectivity index (χ2v) is 5.98. The predicted molar refractivity (Wildman–Crippen MR) is 92.8 cm³/mol. The molecule has 3 aromatic rings. The SMILES string of the molecule is O=C(Nc1ccc(-n2cccn2)nc1)[C@@H]1CCCN1C(=O)c1ccco1. The number of likely N-dealkylation sites (tertiary alicyclic amines) is 1. The molecule has 1 saturated heterocycles. The molecule has 1 N–H and O–H groups in total. The fourth-order valence-electron chi connectivity index (χ4n) is 3.05. The van der Waals surface area contributed by atoms with E-state index in [-0.39, 0.29) is 17.6 Å². The summed E-state index contributed by atoms with van der Waals surface area (Å²) in [5.41, 5.74) is 0.572. The third-order valence-electron chi connectivity index (χ3n) is 4.30. The largest absolute Gasteiger partial charge is 0.459 e. The third kappa shape index (κ3) is 3.08. The monoisotopic (exact) mass is 351 g/mol. The molecule has 4 rings (SSSR count). The summed E-state index contributed by atoms with van der Waals surface area (Å²) >= 11 is 0. The molecule has 4 heterocycles. The first-order valence-electron chi connectivity index (χ1n) is 8.34. The van der Waals surface area contributed by atoms with Gasteiger partial charge in [0.15, 0.2) is 11.6 Å². The van der Waals surface area contributed by atoms with Gasteiger partial charge < -0.3 is 14.6 Å². The molecule has 1 aliphatic rings. The van der Waals surface area contributed by atoms with Crippen LogP contribution in [0.1, 0.15) is 23.4 Å². The number of aromatic nitrogens is 3. The lowest BCUT2D eigenvalue weighted by Crippen LogP contribution is -2.43. The zero-order valence-electron chi connectivity index (χ0n) is 13.9. The van der Waals surface area contributed by atoms with Crippen molar-refractivity contribution >= 4 is 17.5 Å². The van der Waals surface area contributed by atoms with Crippen LogP contribution in [0.4, 0.5) is 5.69 Å². The fraction of sp³-hybridized carbons (Fsp3) is 0.222.